The van der Waals surface area contributed by atoms with Crippen LogP contribution in [-0.4, -0.2) is 39.3 Å². The summed E-state index contributed by atoms with van der Waals surface area (Å²) in [4.78, 5) is 26.8. The molecule has 2 amide bonds. The van der Waals surface area contributed by atoms with Gasteiger partial charge in [-0.3, -0.25) is 14.5 Å². The monoisotopic (exact) mass is 459 g/mol. The molecule has 7 heteroatoms. The molecular weight excluding hydrogens is 426 g/mol. The molecule has 1 aromatic carbocycles. The highest BCUT2D eigenvalue weighted by atomic mass is 16.2. The predicted molar refractivity (Wildman–Crippen MR) is 135 cm³/mol. The summed E-state index contributed by atoms with van der Waals surface area (Å²) < 4.78 is 4.03. The van der Waals surface area contributed by atoms with Crippen LogP contribution in [0.3, 0.4) is 0 Å². The number of carbonyl (C=O) groups excluding carboxylic acids is 2. The number of nitrogens with one attached hydrogen (secondary N) is 1. The minimum Gasteiger partial charge on any atom is -0.356 e. The van der Waals surface area contributed by atoms with Crippen molar-refractivity contribution in [2.75, 3.05) is 18.0 Å². The maximum absolute atomic E-state index is 12.7. The first-order chi connectivity index (χ1) is 16.6. The van der Waals surface area contributed by atoms with Gasteiger partial charge in [0.15, 0.2) is 0 Å². The second-order valence-electron chi connectivity index (χ2n) is 9.39. The molecule has 0 fully saturated rings. The first-order valence-corrected chi connectivity index (χ1v) is 12.5. The van der Waals surface area contributed by atoms with Gasteiger partial charge in [0.05, 0.1) is 12.2 Å². The van der Waals surface area contributed by atoms with Gasteiger partial charge in [0.2, 0.25) is 11.8 Å². The number of benzene rings is 1. The first-order valence-electron chi connectivity index (χ1n) is 12.5. The zero-order valence-corrected chi connectivity index (χ0v) is 19.9. The van der Waals surface area contributed by atoms with Crippen LogP contribution in [0.1, 0.15) is 51.4 Å². The smallest absolute Gasteiger partial charge is 0.229 e. The molecule has 0 spiro atoms. The molecule has 3 aromatic rings. The van der Waals surface area contributed by atoms with E-state index in [0.29, 0.717) is 38.9 Å². The summed E-state index contributed by atoms with van der Waals surface area (Å²) in [6, 6.07) is 10.3. The highest BCUT2D eigenvalue weighted by Gasteiger charge is 2.27. The average molecular weight is 460 g/mol. The van der Waals surface area contributed by atoms with Gasteiger partial charge < -0.3 is 9.88 Å². The molecule has 2 aliphatic rings. The van der Waals surface area contributed by atoms with Gasteiger partial charge in [0.25, 0.3) is 0 Å². The molecule has 0 radical (unpaired) electrons. The number of hydrogen-bond acceptors (Lipinski definition) is 3. The molecule has 2 aromatic heterocycles. The van der Waals surface area contributed by atoms with E-state index in [-0.39, 0.29) is 11.8 Å². The highest BCUT2D eigenvalue weighted by molar-refractivity contribution is 5.98. The minimum atomic E-state index is 0.0609. The molecule has 178 valence electrons. The Morgan fingerprint density at radius 2 is 2.06 bits per heavy atom. The fourth-order valence-corrected chi connectivity index (χ4v) is 5.15. The predicted octanol–water partition coefficient (Wildman–Crippen LogP) is 4.57. The van der Waals surface area contributed by atoms with Gasteiger partial charge in [0.1, 0.15) is 5.82 Å². The Bertz CT molecular complexity index is 1240. The van der Waals surface area contributed by atoms with Crippen molar-refractivity contribution in [3.8, 4) is 11.3 Å². The molecule has 0 unspecified atom stereocenters. The first kappa shape index (κ1) is 22.4. The van der Waals surface area contributed by atoms with Crippen molar-refractivity contribution in [1.29, 1.82) is 0 Å². The van der Waals surface area contributed by atoms with Gasteiger partial charge in [-0.2, -0.15) is 5.10 Å². The van der Waals surface area contributed by atoms with Crippen molar-refractivity contribution in [2.24, 2.45) is 7.05 Å². The Morgan fingerprint density at radius 1 is 1.18 bits per heavy atom. The number of nitrogens with zero attached hydrogens (tertiary/aromatic N) is 4. The number of amides is 2. The van der Waals surface area contributed by atoms with Crippen LogP contribution in [0.25, 0.3) is 22.2 Å². The van der Waals surface area contributed by atoms with E-state index in [2.05, 4.69) is 34.3 Å². The van der Waals surface area contributed by atoms with Crippen molar-refractivity contribution >= 4 is 28.5 Å². The Kier molecular flexibility index (Phi) is 6.52. The van der Waals surface area contributed by atoms with Gasteiger partial charge in [-0.1, -0.05) is 29.8 Å². The van der Waals surface area contributed by atoms with Crippen LogP contribution >= 0.6 is 0 Å². The molecular formula is C27H33N5O2. The van der Waals surface area contributed by atoms with Crippen molar-refractivity contribution in [3.63, 3.8) is 0 Å². The van der Waals surface area contributed by atoms with E-state index < -0.39 is 0 Å². The zero-order chi connectivity index (χ0) is 23.5. The van der Waals surface area contributed by atoms with Crippen molar-refractivity contribution in [2.45, 2.75) is 57.9 Å². The van der Waals surface area contributed by atoms with Gasteiger partial charge >= 0.3 is 0 Å². The van der Waals surface area contributed by atoms with Gasteiger partial charge in [-0.15, -0.1) is 0 Å². The lowest BCUT2D eigenvalue weighted by atomic mass is 9.97. The van der Waals surface area contributed by atoms with Crippen LogP contribution in [-0.2, 0) is 23.2 Å². The Labute approximate surface area is 200 Å². The molecule has 7 nitrogen and oxygen atoms in total. The number of anilines is 1. The van der Waals surface area contributed by atoms with Gasteiger partial charge in [0, 0.05) is 61.7 Å². The Morgan fingerprint density at radius 3 is 2.91 bits per heavy atom. The van der Waals surface area contributed by atoms with Gasteiger partial charge in [-0.25, -0.2) is 4.68 Å². The molecule has 34 heavy (non-hydrogen) atoms. The van der Waals surface area contributed by atoms with Crippen LogP contribution in [0, 0.1) is 0 Å². The maximum Gasteiger partial charge on any atom is 0.229 e. The number of allylic oxidation sites excluding steroid dienone is 1. The SMILES string of the molecule is Cn1cc(-c2cc3n(n2)CCC(=O)N3CCCC(=O)NCCC2=CCCCC2)c2ccccc21. The molecule has 1 aliphatic carbocycles. The third kappa shape index (κ3) is 4.65. The normalized spacial score (nSPS) is 16.0. The second kappa shape index (κ2) is 9.87. The summed E-state index contributed by atoms with van der Waals surface area (Å²) >= 11 is 0. The number of rotatable bonds is 8. The van der Waals surface area contributed by atoms with Crippen LogP contribution in [0.15, 0.2) is 48.2 Å². The van der Waals surface area contributed by atoms with Crippen molar-refractivity contribution in [1.82, 2.24) is 19.7 Å². The fourth-order valence-electron chi connectivity index (χ4n) is 5.15. The van der Waals surface area contributed by atoms with E-state index in [1.807, 2.05) is 29.9 Å². The molecule has 0 saturated heterocycles. The lowest BCUT2D eigenvalue weighted by Crippen LogP contribution is -2.38. The molecule has 0 bridgehead atoms. The van der Waals surface area contributed by atoms with E-state index >= 15 is 0 Å². The molecule has 0 atom stereocenters. The Hall–Kier alpha value is -3.35. The standard InChI is InChI=1S/C27H33N5O2/c1-30-19-22(21-10-5-6-11-24(21)30)23-18-26-31(27(34)14-17-32(26)29-23)16-7-12-25(33)28-15-13-20-8-3-2-4-9-20/h5-6,8,10-11,18-19H,2-4,7,9,12-17H2,1H3,(H,28,33). The number of aryl methyl sites for hydroxylation is 2. The quantitative estimate of drug-likeness (QED) is 0.502. The fraction of sp³-hybridized carbons (Fsp3) is 0.444. The van der Waals surface area contributed by atoms with Crippen LogP contribution in [0.5, 0.6) is 0 Å². The topological polar surface area (TPSA) is 72.2 Å². The molecule has 1 aliphatic heterocycles. The largest absolute Gasteiger partial charge is 0.356 e. The molecule has 5 rings (SSSR count). The number of carbonyl (C=O) groups is 2. The zero-order valence-electron chi connectivity index (χ0n) is 19.9. The number of hydrogen-bond donors (Lipinski definition) is 1. The summed E-state index contributed by atoms with van der Waals surface area (Å²) in [5.74, 6) is 0.983. The third-order valence-corrected chi connectivity index (χ3v) is 6.99. The van der Waals surface area contributed by atoms with E-state index in [1.54, 1.807) is 4.90 Å². The molecule has 0 saturated carbocycles. The lowest BCUT2D eigenvalue weighted by molar-refractivity contribution is -0.122. The number of para-hydroxylation sites is 1. The number of aromatic nitrogens is 3. The summed E-state index contributed by atoms with van der Waals surface area (Å²) in [6.45, 7) is 1.82. The van der Waals surface area contributed by atoms with Crippen LogP contribution < -0.4 is 10.2 Å². The van der Waals surface area contributed by atoms with E-state index in [0.717, 1.165) is 34.4 Å². The van der Waals surface area contributed by atoms with E-state index in [1.165, 1.54) is 31.3 Å². The van der Waals surface area contributed by atoms with E-state index in [9.17, 15) is 9.59 Å². The Balaban J connectivity index is 1.21. The van der Waals surface area contributed by atoms with Crippen molar-refractivity contribution in [3.05, 3.63) is 48.2 Å². The van der Waals surface area contributed by atoms with Crippen LogP contribution in [0.2, 0.25) is 0 Å². The summed E-state index contributed by atoms with van der Waals surface area (Å²) in [6.07, 6.45) is 11.8. The molecule has 3 heterocycles. The second-order valence-corrected chi connectivity index (χ2v) is 9.39. The van der Waals surface area contributed by atoms with E-state index in [4.69, 9.17) is 5.10 Å². The van der Waals surface area contributed by atoms with Crippen molar-refractivity contribution < 1.29 is 9.59 Å². The number of fused-ring (bicyclic) bond motifs is 2. The van der Waals surface area contributed by atoms with Crippen LogP contribution in [0.4, 0.5) is 5.82 Å². The maximum atomic E-state index is 12.7. The van der Waals surface area contributed by atoms with Gasteiger partial charge in [-0.05, 0) is 44.6 Å². The summed E-state index contributed by atoms with van der Waals surface area (Å²) in [7, 11) is 2.04. The highest BCUT2D eigenvalue weighted by Crippen LogP contribution is 2.33. The average Bonchev–Trinajstić information content (AvgIpc) is 3.43. The third-order valence-electron chi connectivity index (χ3n) is 6.99. The molecule has 1 N–H and O–H groups in total. The lowest BCUT2D eigenvalue weighted by Gasteiger charge is -2.27. The summed E-state index contributed by atoms with van der Waals surface area (Å²) in [5, 5.41) is 9.01. The summed E-state index contributed by atoms with van der Waals surface area (Å²) in [5.41, 5.74) is 4.57. The minimum absolute atomic E-state index is 0.0609.